The lowest BCUT2D eigenvalue weighted by molar-refractivity contribution is 0.0743. The van der Waals surface area contributed by atoms with Crippen LogP contribution in [0, 0.1) is 5.92 Å². The van der Waals surface area contributed by atoms with Crippen LogP contribution in [0.2, 0.25) is 0 Å². The largest absolute Gasteiger partial charge is 0.495 e. The molecule has 0 bridgehead atoms. The number of nitrogens with zero attached hydrogens (tertiary/aromatic N) is 1. The fourth-order valence-corrected chi connectivity index (χ4v) is 4.60. The zero-order valence-corrected chi connectivity index (χ0v) is 17.2. The summed E-state index contributed by atoms with van der Waals surface area (Å²) in [5.74, 6) is 0.300. The van der Waals surface area contributed by atoms with E-state index in [9.17, 15) is 13.2 Å². The number of benzene rings is 1. The van der Waals surface area contributed by atoms with Gasteiger partial charge in [0.2, 0.25) is 10.0 Å². The molecular formula is C17H28ClN3O4S. The Morgan fingerprint density at radius 3 is 2.58 bits per heavy atom. The first-order chi connectivity index (χ1) is 11.7. The second-order valence-electron chi connectivity index (χ2n) is 6.79. The molecule has 1 aromatic rings. The molecule has 1 amide bonds. The first-order valence-electron chi connectivity index (χ1n) is 8.41. The predicted octanol–water partition coefficient (Wildman–Crippen LogP) is 1.61. The van der Waals surface area contributed by atoms with Crippen LogP contribution in [-0.4, -0.2) is 51.5 Å². The fourth-order valence-electron chi connectivity index (χ4n) is 3.16. The van der Waals surface area contributed by atoms with Gasteiger partial charge in [-0.25, -0.2) is 13.1 Å². The number of amides is 1. The van der Waals surface area contributed by atoms with Crippen molar-refractivity contribution in [1.29, 1.82) is 0 Å². The number of carbonyl (C=O) groups excluding carboxylic acids is 1. The normalized spacial score (nSPS) is 20.2. The van der Waals surface area contributed by atoms with Crippen molar-refractivity contribution >= 4 is 28.3 Å². The topological polar surface area (TPSA) is 102 Å². The van der Waals surface area contributed by atoms with Crippen molar-refractivity contribution < 1.29 is 17.9 Å². The van der Waals surface area contributed by atoms with Crippen molar-refractivity contribution in [3.05, 3.63) is 23.8 Å². The number of methoxy groups -OCH3 is 1. The minimum atomic E-state index is -3.78. The van der Waals surface area contributed by atoms with Gasteiger partial charge in [0.1, 0.15) is 10.6 Å². The molecule has 1 heterocycles. The predicted molar refractivity (Wildman–Crippen MR) is 103 cm³/mol. The number of ether oxygens (including phenoxy) is 1. The van der Waals surface area contributed by atoms with Gasteiger partial charge < -0.3 is 15.4 Å². The molecule has 148 valence electrons. The van der Waals surface area contributed by atoms with Gasteiger partial charge in [0.05, 0.1) is 7.11 Å². The Hall–Kier alpha value is -1.35. The Balaban J connectivity index is 0.00000338. The summed E-state index contributed by atoms with van der Waals surface area (Å²) in [5, 5.41) is 0. The molecule has 1 aliphatic rings. The van der Waals surface area contributed by atoms with Gasteiger partial charge in [-0.05, 0) is 57.9 Å². The molecule has 0 aliphatic carbocycles. The molecule has 9 heteroatoms. The standard InChI is InChI=1S/C17H27N3O4S.ClH/c1-11(2)19-25(22,23)16-8-14(5-6-15(16)24-4)17(21)20-10-13(9-18)7-12(20)3;/h5-6,8,11-13,19H,7,9-10,18H2,1-4H3;1H. The molecule has 1 aromatic carbocycles. The van der Waals surface area contributed by atoms with E-state index in [2.05, 4.69) is 4.72 Å². The smallest absolute Gasteiger partial charge is 0.254 e. The van der Waals surface area contributed by atoms with Gasteiger partial charge in [-0.3, -0.25) is 4.79 Å². The van der Waals surface area contributed by atoms with Crippen LogP contribution in [0.4, 0.5) is 0 Å². The lowest BCUT2D eigenvalue weighted by Crippen LogP contribution is -2.35. The van der Waals surface area contributed by atoms with E-state index in [1.165, 1.54) is 19.2 Å². The molecular weight excluding hydrogens is 378 g/mol. The minimum Gasteiger partial charge on any atom is -0.495 e. The SMILES string of the molecule is COc1ccc(C(=O)N2CC(CN)CC2C)cc1S(=O)(=O)NC(C)C.Cl. The van der Waals surface area contributed by atoms with Gasteiger partial charge in [0, 0.05) is 24.2 Å². The molecule has 2 rings (SSSR count). The van der Waals surface area contributed by atoms with E-state index >= 15 is 0 Å². The van der Waals surface area contributed by atoms with Gasteiger partial charge >= 0.3 is 0 Å². The van der Waals surface area contributed by atoms with Gasteiger partial charge in [-0.2, -0.15) is 0 Å². The summed E-state index contributed by atoms with van der Waals surface area (Å²) in [6.07, 6.45) is 0.860. The van der Waals surface area contributed by atoms with Crippen molar-refractivity contribution in [1.82, 2.24) is 9.62 Å². The molecule has 0 saturated carbocycles. The summed E-state index contributed by atoms with van der Waals surface area (Å²) in [6, 6.07) is 4.31. The molecule has 3 N–H and O–H groups in total. The third kappa shape index (κ3) is 4.88. The van der Waals surface area contributed by atoms with Crippen molar-refractivity contribution in [3.8, 4) is 5.75 Å². The number of nitrogens with two attached hydrogens (primary N) is 1. The zero-order valence-electron chi connectivity index (χ0n) is 15.6. The van der Waals surface area contributed by atoms with E-state index in [-0.39, 0.29) is 47.0 Å². The van der Waals surface area contributed by atoms with E-state index in [4.69, 9.17) is 10.5 Å². The van der Waals surface area contributed by atoms with E-state index in [1.54, 1.807) is 24.8 Å². The molecule has 7 nitrogen and oxygen atoms in total. The third-order valence-corrected chi connectivity index (χ3v) is 6.03. The Labute approximate surface area is 161 Å². The summed E-state index contributed by atoms with van der Waals surface area (Å²) < 4.78 is 32.8. The second-order valence-corrected chi connectivity index (χ2v) is 8.47. The molecule has 0 aromatic heterocycles. The number of hydrogen-bond acceptors (Lipinski definition) is 5. The van der Waals surface area contributed by atoms with Crippen LogP contribution in [0.3, 0.4) is 0 Å². The number of likely N-dealkylation sites (tertiary alicyclic amines) is 1. The van der Waals surface area contributed by atoms with Crippen LogP contribution in [0.25, 0.3) is 0 Å². The molecule has 1 saturated heterocycles. The molecule has 0 spiro atoms. The minimum absolute atomic E-state index is 0. The zero-order chi connectivity index (χ0) is 18.8. The van der Waals surface area contributed by atoms with Crippen molar-refractivity contribution in [2.24, 2.45) is 11.7 Å². The monoisotopic (exact) mass is 405 g/mol. The average molecular weight is 406 g/mol. The van der Waals surface area contributed by atoms with Gasteiger partial charge in [-0.1, -0.05) is 0 Å². The molecule has 0 radical (unpaired) electrons. The van der Waals surface area contributed by atoms with Crippen LogP contribution < -0.4 is 15.2 Å². The Morgan fingerprint density at radius 1 is 1.42 bits per heavy atom. The highest BCUT2D eigenvalue weighted by Crippen LogP contribution is 2.28. The quantitative estimate of drug-likeness (QED) is 0.748. The fraction of sp³-hybridized carbons (Fsp3) is 0.588. The summed E-state index contributed by atoms with van der Waals surface area (Å²) in [5.41, 5.74) is 6.05. The first-order valence-corrected chi connectivity index (χ1v) is 9.89. The van der Waals surface area contributed by atoms with Gasteiger partial charge in [-0.15, -0.1) is 12.4 Å². The van der Waals surface area contributed by atoms with Crippen LogP contribution in [0.1, 0.15) is 37.6 Å². The highest BCUT2D eigenvalue weighted by molar-refractivity contribution is 7.89. The van der Waals surface area contributed by atoms with E-state index < -0.39 is 10.0 Å². The van der Waals surface area contributed by atoms with E-state index in [0.29, 0.717) is 18.7 Å². The highest BCUT2D eigenvalue weighted by atomic mass is 35.5. The van der Waals surface area contributed by atoms with Crippen LogP contribution in [-0.2, 0) is 10.0 Å². The maximum absolute atomic E-state index is 12.8. The number of hydrogen-bond donors (Lipinski definition) is 2. The third-order valence-electron chi connectivity index (χ3n) is 4.35. The van der Waals surface area contributed by atoms with Gasteiger partial charge in [0.25, 0.3) is 5.91 Å². The Bertz CT molecular complexity index is 740. The maximum atomic E-state index is 12.8. The molecule has 2 unspecified atom stereocenters. The average Bonchev–Trinajstić information content (AvgIpc) is 2.93. The summed E-state index contributed by atoms with van der Waals surface area (Å²) in [4.78, 5) is 14.6. The van der Waals surface area contributed by atoms with Gasteiger partial charge in [0.15, 0.2) is 0 Å². The first kappa shape index (κ1) is 22.7. The molecule has 1 aliphatic heterocycles. The second kappa shape index (κ2) is 9.03. The van der Waals surface area contributed by atoms with E-state index in [1.807, 2.05) is 6.92 Å². The number of rotatable bonds is 6. The lowest BCUT2D eigenvalue weighted by atomic mass is 10.1. The van der Waals surface area contributed by atoms with E-state index in [0.717, 1.165) is 6.42 Å². The highest BCUT2D eigenvalue weighted by Gasteiger charge is 2.33. The Morgan fingerprint density at radius 2 is 2.08 bits per heavy atom. The number of sulfonamides is 1. The molecule has 2 atom stereocenters. The molecule has 1 fully saturated rings. The van der Waals surface area contributed by atoms with Crippen molar-refractivity contribution in [2.75, 3.05) is 20.2 Å². The summed E-state index contributed by atoms with van der Waals surface area (Å²) in [7, 11) is -2.37. The Kier molecular flexibility index (Phi) is 7.88. The van der Waals surface area contributed by atoms with Crippen molar-refractivity contribution in [2.45, 2.75) is 44.2 Å². The van der Waals surface area contributed by atoms with Crippen LogP contribution in [0.15, 0.2) is 23.1 Å². The molecule has 26 heavy (non-hydrogen) atoms. The summed E-state index contributed by atoms with van der Waals surface area (Å²) >= 11 is 0. The number of halogens is 1. The van der Waals surface area contributed by atoms with Crippen molar-refractivity contribution in [3.63, 3.8) is 0 Å². The lowest BCUT2D eigenvalue weighted by Gasteiger charge is -2.22. The van der Waals surface area contributed by atoms with Crippen LogP contribution >= 0.6 is 12.4 Å². The summed E-state index contributed by atoms with van der Waals surface area (Å²) in [6.45, 7) is 6.58. The number of nitrogens with one attached hydrogen (secondary N) is 1. The number of carbonyl (C=O) groups is 1. The van der Waals surface area contributed by atoms with Crippen LogP contribution in [0.5, 0.6) is 5.75 Å². The maximum Gasteiger partial charge on any atom is 0.254 e.